The number of halogens is 4. The van der Waals surface area contributed by atoms with Gasteiger partial charge >= 0.3 is 12.2 Å². The first-order valence-corrected chi connectivity index (χ1v) is 9.14. The zero-order valence-electron chi connectivity index (χ0n) is 15.4. The van der Waals surface area contributed by atoms with Crippen LogP contribution in [-0.2, 0) is 13.2 Å². The molecule has 0 radical (unpaired) electrons. The second-order valence-corrected chi connectivity index (χ2v) is 6.96. The molecule has 11 heteroatoms. The van der Waals surface area contributed by atoms with Crippen molar-refractivity contribution in [1.29, 1.82) is 0 Å². The Bertz CT molecular complexity index is 956. The second-order valence-electron chi connectivity index (χ2n) is 6.55. The first kappa shape index (κ1) is 21.0. The Morgan fingerprint density at radius 1 is 1.28 bits per heavy atom. The summed E-state index contributed by atoms with van der Waals surface area (Å²) in [6, 6.07) is 3.89. The quantitative estimate of drug-likeness (QED) is 0.808. The normalized spacial score (nSPS) is 15.3. The Morgan fingerprint density at radius 3 is 2.62 bits per heavy atom. The third-order valence-electron chi connectivity index (χ3n) is 4.53. The van der Waals surface area contributed by atoms with Gasteiger partial charge in [-0.25, -0.2) is 9.48 Å². The molecule has 1 aliphatic rings. The van der Waals surface area contributed by atoms with Crippen LogP contribution in [0.15, 0.2) is 35.3 Å². The summed E-state index contributed by atoms with van der Waals surface area (Å²) >= 11 is 5.96. The predicted octanol–water partition coefficient (Wildman–Crippen LogP) is 3.53. The number of carbonyl (C=O) groups excluding carboxylic acids is 1. The van der Waals surface area contributed by atoms with Crippen molar-refractivity contribution < 1.29 is 22.7 Å². The number of aryl methyl sites for hydroxylation is 1. The second kappa shape index (κ2) is 8.32. The Labute approximate surface area is 169 Å². The van der Waals surface area contributed by atoms with Crippen LogP contribution in [0, 0.1) is 0 Å². The lowest BCUT2D eigenvalue weighted by Gasteiger charge is -2.32. The number of aromatic nitrogens is 2. The van der Waals surface area contributed by atoms with Crippen LogP contribution >= 0.6 is 11.6 Å². The van der Waals surface area contributed by atoms with E-state index < -0.39 is 23.3 Å². The van der Waals surface area contributed by atoms with Crippen molar-refractivity contribution in [1.82, 2.24) is 14.7 Å². The number of carbonyl (C=O) groups is 1. The Balaban J connectivity index is 1.59. The van der Waals surface area contributed by atoms with Crippen molar-refractivity contribution in [2.24, 2.45) is 7.05 Å². The summed E-state index contributed by atoms with van der Waals surface area (Å²) in [6.07, 6.45) is -2.65. The minimum absolute atomic E-state index is 0.0373. The fourth-order valence-corrected chi connectivity index (χ4v) is 3.08. The third-order valence-corrected chi connectivity index (χ3v) is 4.84. The minimum atomic E-state index is -4.49. The lowest BCUT2D eigenvalue weighted by molar-refractivity contribution is -0.137. The highest BCUT2D eigenvalue weighted by molar-refractivity contribution is 6.32. The molecule has 1 saturated heterocycles. The van der Waals surface area contributed by atoms with Gasteiger partial charge in [-0.1, -0.05) is 11.6 Å². The molecule has 2 heterocycles. The van der Waals surface area contributed by atoms with Crippen molar-refractivity contribution in [3.8, 4) is 5.75 Å². The summed E-state index contributed by atoms with van der Waals surface area (Å²) in [5, 5.41) is 6.41. The van der Waals surface area contributed by atoms with Crippen molar-refractivity contribution >= 4 is 23.3 Å². The number of hydrogen-bond donors (Lipinski definition) is 1. The monoisotopic (exact) mass is 430 g/mol. The molecule has 1 aromatic carbocycles. The van der Waals surface area contributed by atoms with E-state index in [0.717, 1.165) is 22.9 Å². The van der Waals surface area contributed by atoms with Crippen LogP contribution in [0.4, 0.5) is 23.7 Å². The minimum Gasteiger partial charge on any atom is -0.489 e. The summed E-state index contributed by atoms with van der Waals surface area (Å²) in [4.78, 5) is 25.8. The Kier molecular flexibility index (Phi) is 6.02. The Hall–Kier alpha value is -2.75. The van der Waals surface area contributed by atoms with Crippen LogP contribution in [0.1, 0.15) is 18.4 Å². The molecule has 7 nitrogen and oxygen atoms in total. The maximum absolute atomic E-state index is 12.9. The van der Waals surface area contributed by atoms with E-state index >= 15 is 0 Å². The average Bonchev–Trinajstić information content (AvgIpc) is 2.67. The van der Waals surface area contributed by atoms with Crippen molar-refractivity contribution in [2.45, 2.75) is 25.1 Å². The first-order chi connectivity index (χ1) is 13.6. The van der Waals surface area contributed by atoms with Crippen LogP contribution in [-0.4, -0.2) is 39.9 Å². The van der Waals surface area contributed by atoms with Crippen molar-refractivity contribution in [3.05, 3.63) is 51.4 Å². The molecule has 0 saturated carbocycles. The maximum Gasteiger partial charge on any atom is 0.416 e. The van der Waals surface area contributed by atoms with Crippen LogP contribution in [0.3, 0.4) is 0 Å². The average molecular weight is 431 g/mol. The van der Waals surface area contributed by atoms with Crippen molar-refractivity contribution in [2.75, 3.05) is 18.4 Å². The number of piperidine rings is 1. The SMILES string of the molecule is Cn1nccc(NC(=O)N2CCC(Oc3cc(C(F)(F)F)ccc3Cl)CC2)c1=O. The highest BCUT2D eigenvalue weighted by Gasteiger charge is 2.32. The van der Waals surface area contributed by atoms with Gasteiger partial charge in [0.25, 0.3) is 5.56 Å². The van der Waals surface area contributed by atoms with Gasteiger partial charge in [0.15, 0.2) is 0 Å². The summed E-state index contributed by atoms with van der Waals surface area (Å²) in [5.41, 5.74) is -1.16. The van der Waals surface area contributed by atoms with Gasteiger partial charge in [0.2, 0.25) is 0 Å². The largest absolute Gasteiger partial charge is 0.489 e. The molecule has 0 aliphatic carbocycles. The molecule has 1 aromatic heterocycles. The molecule has 0 spiro atoms. The topological polar surface area (TPSA) is 76.5 Å². The predicted molar refractivity (Wildman–Crippen MR) is 100 cm³/mol. The molecule has 0 atom stereocenters. The van der Waals surface area contributed by atoms with E-state index in [0.29, 0.717) is 25.9 Å². The number of benzene rings is 1. The van der Waals surface area contributed by atoms with Gasteiger partial charge in [-0.05, 0) is 24.3 Å². The molecule has 1 N–H and O–H groups in total. The van der Waals surface area contributed by atoms with Crippen molar-refractivity contribution in [3.63, 3.8) is 0 Å². The third kappa shape index (κ3) is 5.00. The number of amides is 2. The number of hydrogen-bond acceptors (Lipinski definition) is 4. The molecule has 1 aliphatic heterocycles. The summed E-state index contributed by atoms with van der Waals surface area (Å²) in [7, 11) is 1.47. The lowest BCUT2D eigenvalue weighted by Crippen LogP contribution is -2.44. The summed E-state index contributed by atoms with van der Waals surface area (Å²) in [5.74, 6) is -0.0373. The number of ether oxygens (including phenoxy) is 1. The van der Waals surface area contributed by atoms with Gasteiger partial charge in [-0.2, -0.15) is 18.3 Å². The van der Waals surface area contributed by atoms with E-state index in [1.165, 1.54) is 24.2 Å². The zero-order chi connectivity index (χ0) is 21.2. The van der Waals surface area contributed by atoms with Crippen LogP contribution in [0.25, 0.3) is 0 Å². The molecule has 3 rings (SSSR count). The molecular formula is C18H18ClF3N4O3. The van der Waals surface area contributed by atoms with E-state index in [1.54, 1.807) is 0 Å². The van der Waals surface area contributed by atoms with Gasteiger partial charge in [0.05, 0.1) is 10.6 Å². The standard InChI is InChI=1S/C18H18ClF3N4O3/c1-25-16(27)14(4-7-23-25)24-17(28)26-8-5-12(6-9-26)29-15-10-11(18(20,21)22)2-3-13(15)19/h2-4,7,10,12H,5-6,8-9H2,1H3,(H,24,28). The number of alkyl halides is 3. The smallest absolute Gasteiger partial charge is 0.416 e. The van der Waals surface area contributed by atoms with Gasteiger partial charge < -0.3 is 15.0 Å². The molecular weight excluding hydrogens is 413 g/mol. The molecule has 1 fully saturated rings. The van der Waals surface area contributed by atoms with Crippen LogP contribution < -0.4 is 15.6 Å². The molecule has 156 valence electrons. The van der Waals surface area contributed by atoms with Crippen LogP contribution in [0.5, 0.6) is 5.75 Å². The highest BCUT2D eigenvalue weighted by atomic mass is 35.5. The van der Waals surface area contributed by atoms with E-state index in [4.69, 9.17) is 16.3 Å². The Morgan fingerprint density at radius 2 is 1.97 bits per heavy atom. The molecule has 2 amide bonds. The summed E-state index contributed by atoms with van der Waals surface area (Å²) in [6.45, 7) is 0.636. The number of anilines is 1. The number of likely N-dealkylation sites (tertiary alicyclic amines) is 1. The number of urea groups is 1. The van der Waals surface area contributed by atoms with E-state index in [2.05, 4.69) is 10.4 Å². The fraction of sp³-hybridized carbons (Fsp3) is 0.389. The highest BCUT2D eigenvalue weighted by Crippen LogP contribution is 2.36. The lowest BCUT2D eigenvalue weighted by atomic mass is 10.1. The molecule has 0 unspecified atom stereocenters. The van der Waals surface area contributed by atoms with Gasteiger partial charge in [-0.15, -0.1) is 0 Å². The van der Waals surface area contributed by atoms with E-state index in [-0.39, 0.29) is 22.6 Å². The zero-order valence-corrected chi connectivity index (χ0v) is 16.1. The van der Waals surface area contributed by atoms with Crippen LogP contribution in [0.2, 0.25) is 5.02 Å². The number of nitrogens with zero attached hydrogens (tertiary/aromatic N) is 3. The number of nitrogens with one attached hydrogen (secondary N) is 1. The number of rotatable bonds is 3. The van der Waals surface area contributed by atoms with E-state index in [1.807, 2.05) is 0 Å². The molecule has 29 heavy (non-hydrogen) atoms. The maximum atomic E-state index is 12.9. The van der Waals surface area contributed by atoms with Gasteiger partial charge in [0.1, 0.15) is 17.5 Å². The summed E-state index contributed by atoms with van der Waals surface area (Å²) < 4.78 is 45.4. The van der Waals surface area contributed by atoms with E-state index in [9.17, 15) is 22.8 Å². The first-order valence-electron chi connectivity index (χ1n) is 8.77. The van der Waals surface area contributed by atoms with Gasteiger partial charge in [-0.3, -0.25) is 4.79 Å². The fourth-order valence-electron chi connectivity index (χ4n) is 2.92. The molecule has 2 aromatic rings. The van der Waals surface area contributed by atoms with Gasteiger partial charge in [0, 0.05) is 39.2 Å². The molecule has 0 bridgehead atoms.